The zero-order valence-electron chi connectivity index (χ0n) is 24.0. The Kier molecular flexibility index (Phi) is 9.14. The standard InChI is InChI=1S/C34H36BrN3O4S/c35-28-12-9-26(10-13-28)32(37-43(40,41)29-14-11-25-6-2-3-7-27(25)21-29)22-34(39)36-31-16-19-42-33-20-24(8-15-30(31)33)23-38-17-4-1-5-18-38/h2-3,6-15,20-21,31-32,37H,1,4-5,16-19,22-23H2,(H,36,39). The van der Waals surface area contributed by atoms with Gasteiger partial charge in [0.15, 0.2) is 0 Å². The van der Waals surface area contributed by atoms with Gasteiger partial charge in [0.05, 0.1) is 23.6 Å². The normalized spacial score (nSPS) is 18.0. The second kappa shape index (κ2) is 13.2. The first-order chi connectivity index (χ1) is 20.8. The fraction of sp³-hybridized carbons (Fsp3) is 0.324. The quantitative estimate of drug-likeness (QED) is 0.210. The number of hydrogen-bond acceptors (Lipinski definition) is 5. The Morgan fingerprint density at radius 1 is 0.930 bits per heavy atom. The summed E-state index contributed by atoms with van der Waals surface area (Å²) in [5.41, 5.74) is 2.88. The van der Waals surface area contributed by atoms with E-state index in [4.69, 9.17) is 4.74 Å². The zero-order chi connectivity index (χ0) is 29.8. The van der Waals surface area contributed by atoms with Crippen molar-refractivity contribution in [1.82, 2.24) is 14.9 Å². The van der Waals surface area contributed by atoms with Crippen molar-refractivity contribution in [1.29, 1.82) is 0 Å². The zero-order valence-corrected chi connectivity index (χ0v) is 26.4. The number of nitrogens with one attached hydrogen (secondary N) is 2. The van der Waals surface area contributed by atoms with Crippen molar-refractivity contribution in [3.05, 3.63) is 106 Å². The summed E-state index contributed by atoms with van der Waals surface area (Å²) >= 11 is 3.45. The van der Waals surface area contributed by atoms with Gasteiger partial charge >= 0.3 is 0 Å². The van der Waals surface area contributed by atoms with E-state index in [2.05, 4.69) is 49.1 Å². The van der Waals surface area contributed by atoms with Gasteiger partial charge in [0.2, 0.25) is 15.9 Å². The highest BCUT2D eigenvalue weighted by Crippen LogP contribution is 2.34. The van der Waals surface area contributed by atoms with E-state index in [0.717, 1.165) is 46.2 Å². The van der Waals surface area contributed by atoms with Crippen molar-refractivity contribution in [3.8, 4) is 5.75 Å². The van der Waals surface area contributed by atoms with E-state index in [0.29, 0.717) is 18.6 Å². The first-order valence-corrected chi connectivity index (χ1v) is 17.2. The van der Waals surface area contributed by atoms with Gasteiger partial charge < -0.3 is 10.1 Å². The molecule has 4 aromatic carbocycles. The number of piperidine rings is 1. The third-order valence-corrected chi connectivity index (χ3v) is 10.3. The van der Waals surface area contributed by atoms with Crippen LogP contribution in [0.5, 0.6) is 5.75 Å². The molecule has 2 N–H and O–H groups in total. The summed E-state index contributed by atoms with van der Waals surface area (Å²) in [5.74, 6) is 0.580. The summed E-state index contributed by atoms with van der Waals surface area (Å²) in [6.45, 7) is 3.66. The molecule has 0 radical (unpaired) electrons. The molecule has 1 fully saturated rings. The van der Waals surface area contributed by atoms with Crippen molar-refractivity contribution in [2.75, 3.05) is 19.7 Å². The number of rotatable bonds is 9. The van der Waals surface area contributed by atoms with Gasteiger partial charge in [0, 0.05) is 29.4 Å². The molecular weight excluding hydrogens is 626 g/mol. The first kappa shape index (κ1) is 29.8. The molecule has 0 bridgehead atoms. The topological polar surface area (TPSA) is 87.7 Å². The maximum absolute atomic E-state index is 13.6. The van der Waals surface area contributed by atoms with Crippen LogP contribution in [0.4, 0.5) is 0 Å². The van der Waals surface area contributed by atoms with Crippen LogP contribution in [0.15, 0.2) is 94.3 Å². The molecular formula is C34H36BrN3O4S. The van der Waals surface area contributed by atoms with Crippen LogP contribution in [0.1, 0.15) is 60.9 Å². The lowest BCUT2D eigenvalue weighted by atomic mass is 9.97. The minimum absolute atomic E-state index is 0.0474. The molecule has 0 saturated carbocycles. The minimum atomic E-state index is -3.92. The van der Waals surface area contributed by atoms with E-state index < -0.39 is 16.1 Å². The highest BCUT2D eigenvalue weighted by atomic mass is 79.9. The average molecular weight is 663 g/mol. The SMILES string of the molecule is O=C(CC(NS(=O)(=O)c1ccc2ccccc2c1)c1ccc(Br)cc1)NC1CCOc2cc(CN3CCCCC3)ccc21. The lowest BCUT2D eigenvalue weighted by Gasteiger charge is -2.29. The molecule has 224 valence electrons. The Bertz CT molecular complexity index is 1700. The number of carbonyl (C=O) groups excluding carboxylic acids is 1. The molecule has 4 aromatic rings. The van der Waals surface area contributed by atoms with Crippen molar-refractivity contribution in [2.24, 2.45) is 0 Å². The maximum Gasteiger partial charge on any atom is 0.241 e. The van der Waals surface area contributed by atoms with Gasteiger partial charge in [-0.25, -0.2) is 13.1 Å². The highest BCUT2D eigenvalue weighted by molar-refractivity contribution is 9.10. The Morgan fingerprint density at radius 2 is 1.70 bits per heavy atom. The maximum atomic E-state index is 13.6. The minimum Gasteiger partial charge on any atom is -0.493 e. The van der Waals surface area contributed by atoms with Crippen LogP contribution in [-0.4, -0.2) is 38.9 Å². The van der Waals surface area contributed by atoms with Crippen LogP contribution in [-0.2, 0) is 21.4 Å². The van der Waals surface area contributed by atoms with Gasteiger partial charge in [-0.1, -0.05) is 76.9 Å². The molecule has 2 aliphatic heterocycles. The van der Waals surface area contributed by atoms with Crippen LogP contribution in [0.25, 0.3) is 10.8 Å². The molecule has 0 aromatic heterocycles. The largest absolute Gasteiger partial charge is 0.493 e. The van der Waals surface area contributed by atoms with Gasteiger partial charge in [-0.15, -0.1) is 0 Å². The first-order valence-electron chi connectivity index (χ1n) is 14.9. The molecule has 2 unspecified atom stereocenters. The predicted octanol–water partition coefficient (Wildman–Crippen LogP) is 6.64. The van der Waals surface area contributed by atoms with Gasteiger partial charge in [-0.3, -0.25) is 9.69 Å². The molecule has 6 rings (SSSR count). The Hall–Kier alpha value is -3.24. The van der Waals surface area contributed by atoms with Gasteiger partial charge in [-0.05, 0) is 78.2 Å². The summed E-state index contributed by atoms with van der Waals surface area (Å²) in [7, 11) is -3.92. The Morgan fingerprint density at radius 3 is 2.49 bits per heavy atom. The smallest absolute Gasteiger partial charge is 0.241 e. The van der Waals surface area contributed by atoms with Crippen LogP contribution >= 0.6 is 15.9 Å². The van der Waals surface area contributed by atoms with E-state index in [-0.39, 0.29) is 23.3 Å². The number of nitrogens with zero attached hydrogens (tertiary/aromatic N) is 1. The molecule has 1 saturated heterocycles. The number of hydrogen-bond donors (Lipinski definition) is 2. The Labute approximate surface area is 261 Å². The summed E-state index contributed by atoms with van der Waals surface area (Å²) in [4.78, 5) is 16.1. The fourth-order valence-corrected chi connectivity index (χ4v) is 7.53. The van der Waals surface area contributed by atoms with E-state index in [9.17, 15) is 13.2 Å². The molecule has 1 amide bonds. The number of likely N-dealkylation sites (tertiary alicyclic amines) is 1. The highest BCUT2D eigenvalue weighted by Gasteiger charge is 2.28. The number of sulfonamides is 1. The van der Waals surface area contributed by atoms with E-state index in [1.54, 1.807) is 18.2 Å². The number of halogens is 1. The molecule has 7 nitrogen and oxygen atoms in total. The molecule has 2 heterocycles. The number of amides is 1. The van der Waals surface area contributed by atoms with Crippen LogP contribution < -0.4 is 14.8 Å². The number of benzene rings is 4. The molecule has 43 heavy (non-hydrogen) atoms. The third-order valence-electron chi connectivity index (χ3n) is 8.30. The van der Waals surface area contributed by atoms with Gasteiger partial charge in [0.1, 0.15) is 5.75 Å². The number of fused-ring (bicyclic) bond motifs is 2. The van der Waals surface area contributed by atoms with Crippen LogP contribution in [0.2, 0.25) is 0 Å². The van der Waals surface area contributed by atoms with Crippen molar-refractivity contribution >= 4 is 42.6 Å². The van der Waals surface area contributed by atoms with Gasteiger partial charge in [0.25, 0.3) is 0 Å². The molecule has 2 aliphatic rings. The second-order valence-electron chi connectivity index (χ2n) is 11.4. The number of ether oxygens (including phenoxy) is 1. The van der Waals surface area contributed by atoms with Crippen LogP contribution in [0.3, 0.4) is 0 Å². The third kappa shape index (κ3) is 7.29. The van der Waals surface area contributed by atoms with E-state index >= 15 is 0 Å². The van der Waals surface area contributed by atoms with E-state index in [1.807, 2.05) is 48.5 Å². The lowest BCUT2D eigenvalue weighted by Crippen LogP contribution is -2.36. The summed E-state index contributed by atoms with van der Waals surface area (Å²) in [6.07, 6.45) is 4.40. The molecule has 2 atom stereocenters. The predicted molar refractivity (Wildman–Crippen MR) is 172 cm³/mol. The Balaban J connectivity index is 1.18. The number of carbonyl (C=O) groups is 1. The molecule has 9 heteroatoms. The van der Waals surface area contributed by atoms with Crippen molar-refractivity contribution in [2.45, 2.75) is 55.6 Å². The van der Waals surface area contributed by atoms with Crippen molar-refractivity contribution in [3.63, 3.8) is 0 Å². The lowest BCUT2D eigenvalue weighted by molar-refractivity contribution is -0.122. The molecule has 0 aliphatic carbocycles. The summed E-state index contributed by atoms with van der Waals surface area (Å²) in [6, 6.07) is 25.4. The fourth-order valence-electron chi connectivity index (χ4n) is 6.01. The van der Waals surface area contributed by atoms with Gasteiger partial charge in [-0.2, -0.15) is 0 Å². The molecule has 0 spiro atoms. The van der Waals surface area contributed by atoms with Crippen molar-refractivity contribution < 1.29 is 17.9 Å². The second-order valence-corrected chi connectivity index (χ2v) is 14.0. The monoisotopic (exact) mass is 661 g/mol. The summed E-state index contributed by atoms with van der Waals surface area (Å²) < 4.78 is 36.8. The average Bonchev–Trinajstić information content (AvgIpc) is 3.01. The van der Waals surface area contributed by atoms with Crippen LogP contribution in [0, 0.1) is 0 Å². The summed E-state index contributed by atoms with van der Waals surface area (Å²) in [5, 5.41) is 4.96. The van der Waals surface area contributed by atoms with E-state index in [1.165, 1.54) is 24.8 Å².